The highest BCUT2D eigenvalue weighted by atomic mass is 32.2. The number of aliphatic hydroxyl groups is 1. The third kappa shape index (κ3) is 8.66. The first-order valence-electron chi connectivity index (χ1n) is 3.21. The van der Waals surface area contributed by atoms with E-state index in [0.29, 0.717) is 6.61 Å². The van der Waals surface area contributed by atoms with E-state index in [1.165, 1.54) is 12.2 Å². The zero-order valence-electron chi connectivity index (χ0n) is 5.55. The molecular formula is C6H14OS2. The summed E-state index contributed by atoms with van der Waals surface area (Å²) >= 11 is 5.90. The number of hydrogen-bond acceptors (Lipinski definition) is 3. The molecule has 0 amide bonds. The second-order valence-electron chi connectivity index (χ2n) is 1.82. The summed E-state index contributed by atoms with van der Waals surface area (Å²) in [6.45, 7) is 0.339. The third-order valence-corrected chi connectivity index (χ3v) is 2.35. The highest BCUT2D eigenvalue weighted by Gasteiger charge is 1.86. The van der Waals surface area contributed by atoms with Crippen LogP contribution >= 0.6 is 24.4 Å². The average molecular weight is 166 g/mol. The maximum Gasteiger partial charge on any atom is 0.0431 e. The van der Waals surface area contributed by atoms with Crippen molar-refractivity contribution in [3.8, 4) is 0 Å². The van der Waals surface area contributed by atoms with Gasteiger partial charge in [-0.05, 0) is 18.6 Å². The fourth-order valence-electron chi connectivity index (χ4n) is 0.557. The summed E-state index contributed by atoms with van der Waals surface area (Å²) < 4.78 is 0. The molecule has 0 aliphatic carbocycles. The van der Waals surface area contributed by atoms with Crippen molar-refractivity contribution >= 4 is 24.4 Å². The van der Waals surface area contributed by atoms with E-state index >= 15 is 0 Å². The van der Waals surface area contributed by atoms with E-state index in [9.17, 15) is 0 Å². The monoisotopic (exact) mass is 166 g/mol. The summed E-state index contributed by atoms with van der Waals surface area (Å²) in [6, 6.07) is 0. The van der Waals surface area contributed by atoms with E-state index in [-0.39, 0.29) is 0 Å². The number of thioether (sulfide) groups is 1. The van der Waals surface area contributed by atoms with Crippen LogP contribution in [0.25, 0.3) is 0 Å². The lowest BCUT2D eigenvalue weighted by molar-refractivity contribution is 0.284. The summed E-state index contributed by atoms with van der Waals surface area (Å²) in [5.74, 6) is 1.18. The van der Waals surface area contributed by atoms with Gasteiger partial charge in [0.1, 0.15) is 0 Å². The van der Waals surface area contributed by atoms with Crippen molar-refractivity contribution < 1.29 is 5.11 Å². The smallest absolute Gasteiger partial charge is 0.0431 e. The van der Waals surface area contributed by atoms with Crippen molar-refractivity contribution in [2.75, 3.05) is 17.4 Å². The molecule has 1 N–H and O–H groups in total. The molecule has 0 saturated carbocycles. The molecule has 0 spiro atoms. The summed E-state index contributed by atoms with van der Waals surface area (Å²) in [5.41, 5.74) is 0. The third-order valence-electron chi connectivity index (χ3n) is 1.04. The molecule has 0 aliphatic heterocycles. The molecule has 0 bridgehead atoms. The molecule has 1 nitrogen and oxygen atoms in total. The van der Waals surface area contributed by atoms with E-state index < -0.39 is 0 Å². The Bertz CT molecular complexity index is 44.3. The van der Waals surface area contributed by atoms with Gasteiger partial charge in [-0.2, -0.15) is 24.4 Å². The molecule has 0 aliphatic rings. The van der Waals surface area contributed by atoms with Crippen molar-refractivity contribution in [2.24, 2.45) is 0 Å². The van der Waals surface area contributed by atoms with Gasteiger partial charge in [0.25, 0.3) is 0 Å². The van der Waals surface area contributed by atoms with Gasteiger partial charge in [0.15, 0.2) is 0 Å². The zero-order chi connectivity index (χ0) is 6.95. The van der Waals surface area contributed by atoms with Crippen molar-refractivity contribution in [3.63, 3.8) is 0 Å². The maximum atomic E-state index is 8.40. The Kier molecular flexibility index (Phi) is 9.30. The second kappa shape index (κ2) is 8.66. The van der Waals surface area contributed by atoms with Crippen LogP contribution in [0.5, 0.6) is 0 Å². The number of unbranched alkanes of at least 4 members (excludes halogenated alkanes) is 2. The van der Waals surface area contributed by atoms with Crippen LogP contribution in [-0.4, -0.2) is 22.6 Å². The van der Waals surface area contributed by atoms with E-state index in [0.717, 1.165) is 17.9 Å². The number of aliphatic hydroxyl groups excluding tert-OH is 1. The Morgan fingerprint density at radius 2 is 2.00 bits per heavy atom. The maximum absolute atomic E-state index is 8.40. The molecule has 3 heteroatoms. The predicted molar refractivity (Wildman–Crippen MR) is 47.2 cm³/mol. The van der Waals surface area contributed by atoms with Crippen molar-refractivity contribution in [1.82, 2.24) is 0 Å². The van der Waals surface area contributed by atoms with Crippen LogP contribution in [0.3, 0.4) is 0 Å². The van der Waals surface area contributed by atoms with Gasteiger partial charge in [0.05, 0.1) is 0 Å². The Morgan fingerprint density at radius 3 is 2.56 bits per heavy atom. The molecule has 0 saturated heterocycles. The highest BCUT2D eigenvalue weighted by Crippen LogP contribution is 2.06. The molecule has 0 fully saturated rings. The predicted octanol–water partition coefficient (Wildman–Crippen LogP) is 1.77. The van der Waals surface area contributed by atoms with Crippen molar-refractivity contribution in [3.05, 3.63) is 0 Å². The molecule has 9 heavy (non-hydrogen) atoms. The van der Waals surface area contributed by atoms with Gasteiger partial charge in [-0.1, -0.05) is 6.42 Å². The number of thiol groups is 1. The minimum Gasteiger partial charge on any atom is -0.396 e. The van der Waals surface area contributed by atoms with Gasteiger partial charge in [0, 0.05) is 11.7 Å². The Hall–Kier alpha value is 0.660. The lowest BCUT2D eigenvalue weighted by atomic mass is 10.3. The van der Waals surface area contributed by atoms with Gasteiger partial charge in [-0.25, -0.2) is 0 Å². The normalized spacial score (nSPS) is 10.0. The topological polar surface area (TPSA) is 20.2 Å². The Morgan fingerprint density at radius 1 is 1.22 bits per heavy atom. The molecule has 0 unspecified atom stereocenters. The van der Waals surface area contributed by atoms with Crippen LogP contribution in [-0.2, 0) is 0 Å². The van der Waals surface area contributed by atoms with E-state index in [1.54, 1.807) is 0 Å². The van der Waals surface area contributed by atoms with E-state index in [1.807, 2.05) is 11.8 Å². The van der Waals surface area contributed by atoms with Gasteiger partial charge < -0.3 is 5.11 Å². The molecule has 0 rings (SSSR count). The Balaban J connectivity index is 2.60. The van der Waals surface area contributed by atoms with Crippen LogP contribution in [0.15, 0.2) is 0 Å². The first-order chi connectivity index (χ1) is 4.41. The first-order valence-corrected chi connectivity index (χ1v) is 5.00. The second-order valence-corrected chi connectivity index (χ2v) is 3.67. The number of hydrogen-bond donors (Lipinski definition) is 2. The first kappa shape index (κ1) is 9.66. The minimum absolute atomic E-state index is 0.339. The molecule has 0 aromatic heterocycles. The van der Waals surface area contributed by atoms with Gasteiger partial charge in [-0.15, -0.1) is 0 Å². The molecule has 0 atom stereocenters. The van der Waals surface area contributed by atoms with E-state index in [4.69, 9.17) is 5.11 Å². The molecular weight excluding hydrogens is 152 g/mol. The summed E-state index contributed by atoms with van der Waals surface area (Å²) in [7, 11) is 0. The lowest BCUT2D eigenvalue weighted by Gasteiger charge is -1.95. The van der Waals surface area contributed by atoms with Crippen LogP contribution in [0, 0.1) is 0 Å². The quantitative estimate of drug-likeness (QED) is 0.356. The fraction of sp³-hybridized carbons (Fsp3) is 1.00. The van der Waals surface area contributed by atoms with Gasteiger partial charge in [-0.3, -0.25) is 0 Å². The Labute approximate surface area is 66.6 Å². The number of rotatable bonds is 6. The van der Waals surface area contributed by atoms with Crippen LogP contribution in [0.2, 0.25) is 0 Å². The zero-order valence-corrected chi connectivity index (χ0v) is 7.26. The van der Waals surface area contributed by atoms with E-state index in [2.05, 4.69) is 12.6 Å². The van der Waals surface area contributed by atoms with Gasteiger partial charge >= 0.3 is 0 Å². The lowest BCUT2D eigenvalue weighted by Crippen LogP contribution is -1.84. The SMILES string of the molecule is OCCCCCSCS. The van der Waals surface area contributed by atoms with Crippen molar-refractivity contribution in [1.29, 1.82) is 0 Å². The molecule has 56 valence electrons. The summed E-state index contributed by atoms with van der Waals surface area (Å²) in [4.78, 5) is 0. The van der Waals surface area contributed by atoms with Crippen LogP contribution in [0.1, 0.15) is 19.3 Å². The summed E-state index contributed by atoms with van der Waals surface area (Å²) in [5, 5.41) is 9.32. The minimum atomic E-state index is 0.339. The largest absolute Gasteiger partial charge is 0.396 e. The van der Waals surface area contributed by atoms with Crippen LogP contribution < -0.4 is 0 Å². The molecule has 0 aromatic carbocycles. The molecule has 0 heterocycles. The molecule has 0 radical (unpaired) electrons. The standard InChI is InChI=1S/C6H14OS2/c7-4-2-1-3-5-9-6-8/h7-8H,1-6H2. The van der Waals surface area contributed by atoms with Crippen LogP contribution in [0.4, 0.5) is 0 Å². The average Bonchev–Trinajstić information content (AvgIpc) is 1.89. The van der Waals surface area contributed by atoms with Gasteiger partial charge in [0.2, 0.25) is 0 Å². The molecule has 0 aromatic rings. The van der Waals surface area contributed by atoms with Crippen molar-refractivity contribution in [2.45, 2.75) is 19.3 Å². The summed E-state index contributed by atoms with van der Waals surface area (Å²) in [6.07, 6.45) is 3.32. The fourth-order valence-corrected chi connectivity index (χ4v) is 1.48. The highest BCUT2D eigenvalue weighted by molar-refractivity contribution is 8.09.